The van der Waals surface area contributed by atoms with Crippen LogP contribution in [0.25, 0.3) is 0 Å². The third-order valence-corrected chi connectivity index (χ3v) is 6.35. The third-order valence-electron chi connectivity index (χ3n) is 3.13. The lowest BCUT2D eigenvalue weighted by Gasteiger charge is -2.29. The molecular weight excluding hydrogens is 184 g/mol. The minimum Gasteiger partial charge on any atom is -0.147 e. The van der Waals surface area contributed by atoms with Crippen LogP contribution in [0.3, 0.4) is 0 Å². The summed E-state index contributed by atoms with van der Waals surface area (Å²) in [6.07, 6.45) is 5.92. The molecule has 0 spiro atoms. The number of rotatable bonds is 1. The monoisotopic (exact) mass is 202 g/mol. The fourth-order valence-corrected chi connectivity index (χ4v) is 5.87. The number of thioether (sulfide) groups is 2. The molecule has 2 aliphatic rings. The van der Waals surface area contributed by atoms with E-state index in [0.717, 1.165) is 16.4 Å². The van der Waals surface area contributed by atoms with E-state index in [1.807, 2.05) is 0 Å². The maximum atomic E-state index is 2.45. The van der Waals surface area contributed by atoms with Gasteiger partial charge in [-0.3, -0.25) is 0 Å². The first-order valence-corrected chi connectivity index (χ1v) is 7.21. The Morgan fingerprint density at radius 2 is 1.75 bits per heavy atom. The Labute approximate surface area is 84.3 Å². The van der Waals surface area contributed by atoms with Gasteiger partial charge in [0.1, 0.15) is 0 Å². The van der Waals surface area contributed by atoms with Crippen molar-refractivity contribution in [3.63, 3.8) is 0 Å². The Balaban J connectivity index is 1.89. The van der Waals surface area contributed by atoms with Crippen molar-refractivity contribution in [1.82, 2.24) is 0 Å². The summed E-state index contributed by atoms with van der Waals surface area (Å²) in [7, 11) is 0. The van der Waals surface area contributed by atoms with Gasteiger partial charge in [0.05, 0.1) is 4.58 Å². The fraction of sp³-hybridized carbons (Fsp3) is 1.00. The molecule has 2 fully saturated rings. The Morgan fingerprint density at radius 1 is 1.00 bits per heavy atom. The SMILES string of the molecule is CC1CCCC1C1SCCCS1. The molecule has 0 aromatic heterocycles. The molecular formula is C10H18S2. The summed E-state index contributed by atoms with van der Waals surface area (Å²) in [5.74, 6) is 4.88. The standard InChI is InChI=1S/C10H18S2/c1-8-4-2-5-9(8)10-11-6-3-7-12-10/h8-10H,2-7H2,1H3. The molecule has 1 aliphatic carbocycles. The van der Waals surface area contributed by atoms with Crippen molar-refractivity contribution in [1.29, 1.82) is 0 Å². The van der Waals surface area contributed by atoms with E-state index in [-0.39, 0.29) is 0 Å². The quantitative estimate of drug-likeness (QED) is 0.637. The molecule has 0 amide bonds. The highest BCUT2D eigenvalue weighted by Crippen LogP contribution is 2.45. The lowest BCUT2D eigenvalue weighted by molar-refractivity contribution is 0.450. The van der Waals surface area contributed by atoms with Crippen molar-refractivity contribution in [2.24, 2.45) is 11.8 Å². The molecule has 0 nitrogen and oxygen atoms in total. The van der Waals surface area contributed by atoms with E-state index >= 15 is 0 Å². The van der Waals surface area contributed by atoms with E-state index in [2.05, 4.69) is 30.4 Å². The molecule has 12 heavy (non-hydrogen) atoms. The van der Waals surface area contributed by atoms with Crippen molar-refractivity contribution >= 4 is 23.5 Å². The van der Waals surface area contributed by atoms with Crippen LogP contribution in [-0.2, 0) is 0 Å². The summed E-state index contributed by atoms with van der Waals surface area (Å²) in [6.45, 7) is 2.45. The van der Waals surface area contributed by atoms with Gasteiger partial charge in [-0.15, -0.1) is 23.5 Å². The normalized spacial score (nSPS) is 38.8. The molecule has 2 unspecified atom stereocenters. The maximum absolute atomic E-state index is 2.45. The van der Waals surface area contributed by atoms with Gasteiger partial charge in [-0.2, -0.15) is 0 Å². The zero-order valence-electron chi connectivity index (χ0n) is 7.79. The highest BCUT2D eigenvalue weighted by atomic mass is 32.2. The van der Waals surface area contributed by atoms with Crippen molar-refractivity contribution in [3.8, 4) is 0 Å². The average Bonchev–Trinajstić information content (AvgIpc) is 2.53. The largest absolute Gasteiger partial charge is 0.147 e. The zero-order chi connectivity index (χ0) is 8.39. The topological polar surface area (TPSA) is 0 Å². The molecule has 0 radical (unpaired) electrons. The number of hydrogen-bond donors (Lipinski definition) is 0. The van der Waals surface area contributed by atoms with E-state index in [1.54, 1.807) is 0 Å². The van der Waals surface area contributed by atoms with Crippen molar-refractivity contribution < 1.29 is 0 Å². The molecule has 0 bridgehead atoms. The molecule has 1 heterocycles. The van der Waals surface area contributed by atoms with Crippen molar-refractivity contribution in [2.75, 3.05) is 11.5 Å². The Kier molecular flexibility index (Phi) is 3.30. The smallest absolute Gasteiger partial charge is 0.0533 e. The van der Waals surface area contributed by atoms with Gasteiger partial charge in [0, 0.05) is 0 Å². The van der Waals surface area contributed by atoms with Gasteiger partial charge in [0.2, 0.25) is 0 Å². The Morgan fingerprint density at radius 3 is 2.33 bits per heavy atom. The van der Waals surface area contributed by atoms with Crippen LogP contribution in [0.15, 0.2) is 0 Å². The minimum absolute atomic E-state index is 0.955. The molecule has 1 saturated heterocycles. The van der Waals surface area contributed by atoms with E-state index in [1.165, 1.54) is 37.2 Å². The molecule has 0 N–H and O–H groups in total. The van der Waals surface area contributed by atoms with Crippen LogP contribution in [0.4, 0.5) is 0 Å². The molecule has 1 aliphatic heterocycles. The first-order valence-electron chi connectivity index (χ1n) is 5.11. The summed E-state index contributed by atoms with van der Waals surface area (Å²) >= 11 is 4.45. The highest BCUT2D eigenvalue weighted by Gasteiger charge is 2.32. The predicted octanol–water partition coefficient (Wildman–Crippen LogP) is 3.62. The summed E-state index contributed by atoms with van der Waals surface area (Å²) in [5, 5.41) is 0. The Hall–Kier alpha value is 0.700. The first-order chi connectivity index (χ1) is 5.88. The first kappa shape index (κ1) is 9.26. The van der Waals surface area contributed by atoms with E-state index in [9.17, 15) is 0 Å². The van der Waals surface area contributed by atoms with Crippen LogP contribution < -0.4 is 0 Å². The van der Waals surface area contributed by atoms with Gasteiger partial charge in [0.15, 0.2) is 0 Å². The molecule has 2 atom stereocenters. The average molecular weight is 202 g/mol. The lowest BCUT2D eigenvalue weighted by Crippen LogP contribution is -2.20. The lowest BCUT2D eigenvalue weighted by atomic mass is 10.0. The van der Waals surface area contributed by atoms with E-state index in [4.69, 9.17) is 0 Å². The van der Waals surface area contributed by atoms with Crippen LogP contribution >= 0.6 is 23.5 Å². The Bertz CT molecular complexity index is 141. The number of hydrogen-bond acceptors (Lipinski definition) is 2. The fourth-order valence-electron chi connectivity index (χ4n) is 2.33. The van der Waals surface area contributed by atoms with Gasteiger partial charge < -0.3 is 0 Å². The third kappa shape index (κ3) is 1.95. The second-order valence-corrected chi connectivity index (χ2v) is 6.83. The second kappa shape index (κ2) is 4.28. The van der Waals surface area contributed by atoms with E-state index in [0.29, 0.717) is 0 Å². The maximum Gasteiger partial charge on any atom is 0.0533 e. The van der Waals surface area contributed by atoms with Crippen LogP contribution in [0.1, 0.15) is 32.6 Å². The van der Waals surface area contributed by atoms with E-state index < -0.39 is 0 Å². The summed E-state index contributed by atoms with van der Waals surface area (Å²) in [5.41, 5.74) is 0. The van der Waals surface area contributed by atoms with Crippen LogP contribution in [-0.4, -0.2) is 16.1 Å². The van der Waals surface area contributed by atoms with Gasteiger partial charge in [-0.05, 0) is 36.2 Å². The van der Waals surface area contributed by atoms with Gasteiger partial charge in [-0.1, -0.05) is 19.8 Å². The van der Waals surface area contributed by atoms with Crippen molar-refractivity contribution in [3.05, 3.63) is 0 Å². The second-order valence-electron chi connectivity index (χ2n) is 4.04. The van der Waals surface area contributed by atoms with Crippen LogP contribution in [0.5, 0.6) is 0 Å². The molecule has 1 saturated carbocycles. The molecule has 2 rings (SSSR count). The highest BCUT2D eigenvalue weighted by molar-refractivity contribution is 8.17. The van der Waals surface area contributed by atoms with Gasteiger partial charge in [-0.25, -0.2) is 0 Å². The van der Waals surface area contributed by atoms with Crippen molar-refractivity contribution in [2.45, 2.75) is 37.2 Å². The van der Waals surface area contributed by atoms with Gasteiger partial charge in [0.25, 0.3) is 0 Å². The molecule has 70 valence electrons. The minimum atomic E-state index is 0.955. The summed E-state index contributed by atoms with van der Waals surface area (Å²) in [6, 6.07) is 0. The molecule has 0 aromatic rings. The zero-order valence-corrected chi connectivity index (χ0v) is 9.42. The summed E-state index contributed by atoms with van der Waals surface area (Å²) < 4.78 is 0.955. The molecule has 0 aromatic carbocycles. The summed E-state index contributed by atoms with van der Waals surface area (Å²) in [4.78, 5) is 0. The predicted molar refractivity (Wildman–Crippen MR) is 59.8 cm³/mol. The molecule has 2 heteroatoms. The van der Waals surface area contributed by atoms with Crippen LogP contribution in [0, 0.1) is 11.8 Å². The van der Waals surface area contributed by atoms with Crippen LogP contribution in [0.2, 0.25) is 0 Å². The van der Waals surface area contributed by atoms with Gasteiger partial charge >= 0.3 is 0 Å².